The van der Waals surface area contributed by atoms with E-state index in [1.54, 1.807) is 7.11 Å². The molecule has 1 aliphatic heterocycles. The molecule has 1 heterocycles. The van der Waals surface area contributed by atoms with E-state index in [4.69, 9.17) is 4.74 Å². The number of Topliss-reactive ketones (excluding diaryl/α,β-unsaturated/α-hetero) is 1. The van der Waals surface area contributed by atoms with Crippen LogP contribution in [0.4, 0.5) is 5.69 Å². The summed E-state index contributed by atoms with van der Waals surface area (Å²) in [5.41, 5.74) is 5.04. The van der Waals surface area contributed by atoms with Crippen molar-refractivity contribution >= 4 is 17.5 Å². The van der Waals surface area contributed by atoms with Gasteiger partial charge >= 0.3 is 0 Å². The lowest BCUT2D eigenvalue weighted by atomic mass is 10.1. The number of anilines is 1. The monoisotopic (exact) mass is 419 g/mol. The molecule has 0 N–H and O–H groups in total. The van der Waals surface area contributed by atoms with E-state index in [0.29, 0.717) is 6.42 Å². The zero-order valence-electron chi connectivity index (χ0n) is 18.9. The first-order valence-electron chi connectivity index (χ1n) is 11.2. The van der Waals surface area contributed by atoms with E-state index in [-0.39, 0.29) is 5.78 Å². The number of carbonyl (C=O) groups excluding carboxylic acids is 1. The minimum atomic E-state index is 0.114. The lowest BCUT2D eigenvalue weighted by molar-refractivity contribution is 0.104. The average Bonchev–Trinajstić information content (AvgIpc) is 3.09. The molecule has 1 saturated heterocycles. The van der Waals surface area contributed by atoms with Crippen molar-refractivity contribution < 1.29 is 9.53 Å². The van der Waals surface area contributed by atoms with Crippen molar-refractivity contribution in [2.75, 3.05) is 65.4 Å². The Kier molecular flexibility index (Phi) is 6.73. The number of rotatable bonds is 7. The van der Waals surface area contributed by atoms with Gasteiger partial charge < -0.3 is 14.5 Å². The van der Waals surface area contributed by atoms with Crippen LogP contribution in [0.5, 0.6) is 5.75 Å². The molecular formula is C26H33N3O2. The van der Waals surface area contributed by atoms with Crippen LogP contribution in [0, 0.1) is 0 Å². The lowest BCUT2D eigenvalue weighted by Crippen LogP contribution is -2.46. The fourth-order valence-electron chi connectivity index (χ4n) is 4.45. The number of carbonyl (C=O) groups is 1. The zero-order chi connectivity index (χ0) is 21.8. The molecule has 31 heavy (non-hydrogen) atoms. The van der Waals surface area contributed by atoms with Gasteiger partial charge in [0.05, 0.1) is 7.11 Å². The Morgan fingerprint density at radius 1 is 1.03 bits per heavy atom. The van der Waals surface area contributed by atoms with Crippen LogP contribution < -0.4 is 9.64 Å². The van der Waals surface area contributed by atoms with Crippen molar-refractivity contribution in [3.05, 3.63) is 64.7 Å². The standard InChI is InChI=1S/C26H33N3O2/c1-27(2)11-4-12-28-13-15-29(16-14-28)23-8-5-20(6-9-23)17-22-18-21-7-10-24(31-3)19-25(21)26(22)30/h5-10,17,19H,4,11-16,18H2,1-3H3/b22-17-. The summed E-state index contributed by atoms with van der Waals surface area (Å²) in [4.78, 5) is 20.1. The highest BCUT2D eigenvalue weighted by molar-refractivity contribution is 6.15. The lowest BCUT2D eigenvalue weighted by Gasteiger charge is -2.36. The molecule has 164 valence electrons. The number of ketones is 1. The van der Waals surface area contributed by atoms with E-state index in [1.165, 1.54) is 18.7 Å². The quantitative estimate of drug-likeness (QED) is 0.641. The maximum Gasteiger partial charge on any atom is 0.189 e. The van der Waals surface area contributed by atoms with Crippen LogP contribution in [0.15, 0.2) is 48.0 Å². The minimum Gasteiger partial charge on any atom is -0.497 e. The molecule has 0 atom stereocenters. The SMILES string of the molecule is COc1ccc2c(c1)C(=O)/C(=C\c1ccc(N3CCN(CCCN(C)C)CC3)cc1)C2. The number of hydrogen-bond acceptors (Lipinski definition) is 5. The number of benzene rings is 2. The van der Waals surface area contributed by atoms with Gasteiger partial charge in [0, 0.05) is 49.4 Å². The van der Waals surface area contributed by atoms with Gasteiger partial charge in [0.15, 0.2) is 5.78 Å². The number of nitrogens with zero attached hydrogens (tertiary/aromatic N) is 3. The average molecular weight is 420 g/mol. The third-order valence-corrected chi connectivity index (χ3v) is 6.29. The summed E-state index contributed by atoms with van der Waals surface area (Å²) in [7, 11) is 5.90. The van der Waals surface area contributed by atoms with Crippen LogP contribution in [0.3, 0.4) is 0 Å². The topological polar surface area (TPSA) is 36.0 Å². The number of ether oxygens (including phenoxy) is 1. The number of piperazine rings is 1. The molecule has 4 rings (SSSR count). The van der Waals surface area contributed by atoms with E-state index < -0.39 is 0 Å². The van der Waals surface area contributed by atoms with Crippen LogP contribution in [0.25, 0.3) is 6.08 Å². The molecule has 0 bridgehead atoms. The smallest absolute Gasteiger partial charge is 0.189 e. The Balaban J connectivity index is 1.35. The van der Waals surface area contributed by atoms with Crippen LogP contribution in [-0.2, 0) is 6.42 Å². The highest BCUT2D eigenvalue weighted by Crippen LogP contribution is 2.31. The molecule has 2 aromatic carbocycles. The summed E-state index contributed by atoms with van der Waals surface area (Å²) in [5.74, 6) is 0.846. The molecule has 1 aliphatic carbocycles. The van der Waals surface area contributed by atoms with Crippen LogP contribution in [0.1, 0.15) is 27.9 Å². The number of methoxy groups -OCH3 is 1. The Hall–Kier alpha value is -2.63. The second-order valence-electron chi connectivity index (χ2n) is 8.78. The number of hydrogen-bond donors (Lipinski definition) is 0. The molecule has 0 unspecified atom stereocenters. The molecule has 0 radical (unpaired) electrons. The van der Waals surface area contributed by atoms with Crippen molar-refractivity contribution in [1.29, 1.82) is 0 Å². The van der Waals surface area contributed by atoms with Crippen molar-refractivity contribution in [2.24, 2.45) is 0 Å². The molecule has 5 nitrogen and oxygen atoms in total. The normalized spacial score (nSPS) is 18.1. The summed E-state index contributed by atoms with van der Waals surface area (Å²) >= 11 is 0. The highest BCUT2D eigenvalue weighted by atomic mass is 16.5. The van der Waals surface area contributed by atoms with Gasteiger partial charge in [0.1, 0.15) is 5.75 Å². The maximum atomic E-state index is 12.8. The van der Waals surface area contributed by atoms with Crippen molar-refractivity contribution in [3.63, 3.8) is 0 Å². The predicted octanol–water partition coefficient (Wildman–Crippen LogP) is 3.59. The second kappa shape index (κ2) is 9.67. The van der Waals surface area contributed by atoms with E-state index >= 15 is 0 Å². The van der Waals surface area contributed by atoms with Gasteiger partial charge in [0.2, 0.25) is 0 Å². The molecule has 2 aromatic rings. The highest BCUT2D eigenvalue weighted by Gasteiger charge is 2.25. The first-order chi connectivity index (χ1) is 15.0. The molecule has 1 fully saturated rings. The first-order valence-corrected chi connectivity index (χ1v) is 11.2. The van der Waals surface area contributed by atoms with Gasteiger partial charge in [-0.3, -0.25) is 9.69 Å². The molecular weight excluding hydrogens is 386 g/mol. The van der Waals surface area contributed by atoms with Crippen molar-refractivity contribution in [3.8, 4) is 5.75 Å². The molecule has 0 amide bonds. The van der Waals surface area contributed by atoms with E-state index in [1.807, 2.05) is 24.3 Å². The molecule has 0 saturated carbocycles. The van der Waals surface area contributed by atoms with Crippen LogP contribution in [0.2, 0.25) is 0 Å². The van der Waals surface area contributed by atoms with E-state index in [9.17, 15) is 4.79 Å². The van der Waals surface area contributed by atoms with Gasteiger partial charge in [-0.15, -0.1) is 0 Å². The second-order valence-corrected chi connectivity index (χ2v) is 8.78. The third-order valence-electron chi connectivity index (χ3n) is 6.29. The number of fused-ring (bicyclic) bond motifs is 1. The fourth-order valence-corrected chi connectivity index (χ4v) is 4.45. The largest absolute Gasteiger partial charge is 0.497 e. The predicted molar refractivity (Wildman–Crippen MR) is 127 cm³/mol. The zero-order valence-corrected chi connectivity index (χ0v) is 18.9. The van der Waals surface area contributed by atoms with Crippen molar-refractivity contribution in [1.82, 2.24) is 9.80 Å². The van der Waals surface area contributed by atoms with Crippen molar-refractivity contribution in [2.45, 2.75) is 12.8 Å². The van der Waals surface area contributed by atoms with Gasteiger partial charge in [-0.05, 0) is 75.1 Å². The Labute approximate surface area is 185 Å². The fraction of sp³-hybridized carbons (Fsp3) is 0.423. The Morgan fingerprint density at radius 3 is 2.45 bits per heavy atom. The number of allylic oxidation sites excluding steroid dienone is 1. The molecule has 0 aromatic heterocycles. The first kappa shape index (κ1) is 21.6. The summed E-state index contributed by atoms with van der Waals surface area (Å²) in [6.45, 7) is 6.71. The molecule has 0 spiro atoms. The van der Waals surface area contributed by atoms with Gasteiger partial charge in [-0.1, -0.05) is 18.2 Å². The summed E-state index contributed by atoms with van der Waals surface area (Å²) in [6.07, 6.45) is 3.95. The summed E-state index contributed by atoms with van der Waals surface area (Å²) in [5, 5.41) is 0. The molecule has 5 heteroatoms. The maximum absolute atomic E-state index is 12.8. The Bertz CT molecular complexity index is 942. The minimum absolute atomic E-state index is 0.114. The Morgan fingerprint density at radius 2 is 1.77 bits per heavy atom. The molecule has 2 aliphatic rings. The summed E-state index contributed by atoms with van der Waals surface area (Å²) < 4.78 is 5.27. The summed E-state index contributed by atoms with van der Waals surface area (Å²) in [6, 6.07) is 14.4. The van der Waals surface area contributed by atoms with Crippen LogP contribution in [-0.4, -0.2) is 76.1 Å². The van der Waals surface area contributed by atoms with Gasteiger partial charge in [0.25, 0.3) is 0 Å². The van der Waals surface area contributed by atoms with E-state index in [0.717, 1.165) is 60.7 Å². The van der Waals surface area contributed by atoms with Crippen LogP contribution >= 0.6 is 0 Å². The van der Waals surface area contributed by atoms with Gasteiger partial charge in [-0.25, -0.2) is 0 Å². The van der Waals surface area contributed by atoms with E-state index in [2.05, 4.69) is 53.1 Å². The van der Waals surface area contributed by atoms with Gasteiger partial charge in [-0.2, -0.15) is 0 Å². The third kappa shape index (κ3) is 5.17.